The van der Waals surface area contributed by atoms with Crippen molar-refractivity contribution in [1.29, 1.82) is 0 Å². The third-order valence-electron chi connectivity index (χ3n) is 3.93. The van der Waals surface area contributed by atoms with Crippen molar-refractivity contribution in [2.24, 2.45) is 0 Å². The van der Waals surface area contributed by atoms with Crippen LogP contribution in [0.4, 0.5) is 11.4 Å². The van der Waals surface area contributed by atoms with Crippen molar-refractivity contribution in [2.75, 3.05) is 43.6 Å². The van der Waals surface area contributed by atoms with Gasteiger partial charge in [-0.1, -0.05) is 12.1 Å². The molecule has 134 valence electrons. The lowest BCUT2D eigenvalue weighted by Crippen LogP contribution is -2.21. The van der Waals surface area contributed by atoms with Gasteiger partial charge in [0.15, 0.2) is 0 Å². The van der Waals surface area contributed by atoms with Gasteiger partial charge < -0.3 is 19.7 Å². The summed E-state index contributed by atoms with van der Waals surface area (Å²) in [5.74, 6) is 0.361. The molecule has 0 bridgehead atoms. The molecule has 0 atom stereocenters. The van der Waals surface area contributed by atoms with E-state index in [4.69, 9.17) is 9.47 Å². The number of nitrogens with zero attached hydrogens (tertiary/aromatic N) is 1. The standard InChI is InChI=1S/C20H26N2O3/c1-4-22(5-2)17-12-10-16(11-13-17)21-20(23)18-8-6-7-9-19(18)25-15-14-24-3/h6-13H,4-5,14-15H2,1-3H3,(H,21,23). The van der Waals surface area contributed by atoms with Crippen LogP contribution < -0.4 is 15.0 Å². The van der Waals surface area contributed by atoms with Crippen LogP contribution in [0.5, 0.6) is 5.75 Å². The zero-order valence-electron chi connectivity index (χ0n) is 15.1. The molecule has 2 aromatic rings. The topological polar surface area (TPSA) is 50.8 Å². The Labute approximate surface area is 149 Å². The van der Waals surface area contributed by atoms with E-state index in [0.717, 1.165) is 24.5 Å². The number of methoxy groups -OCH3 is 1. The Bertz CT molecular complexity index is 667. The van der Waals surface area contributed by atoms with E-state index in [0.29, 0.717) is 24.5 Å². The molecule has 5 nitrogen and oxygen atoms in total. The summed E-state index contributed by atoms with van der Waals surface area (Å²) in [6.07, 6.45) is 0. The van der Waals surface area contributed by atoms with Crippen LogP contribution in [0.3, 0.4) is 0 Å². The van der Waals surface area contributed by atoms with Crippen LogP contribution in [0.1, 0.15) is 24.2 Å². The molecule has 0 heterocycles. The molecule has 0 unspecified atom stereocenters. The molecule has 5 heteroatoms. The summed E-state index contributed by atoms with van der Waals surface area (Å²) in [5, 5.41) is 2.92. The van der Waals surface area contributed by atoms with Gasteiger partial charge in [0.2, 0.25) is 0 Å². The summed E-state index contributed by atoms with van der Waals surface area (Å²) in [7, 11) is 1.61. The van der Waals surface area contributed by atoms with Gasteiger partial charge in [0.25, 0.3) is 5.91 Å². The molecule has 0 saturated heterocycles. The van der Waals surface area contributed by atoms with E-state index in [1.807, 2.05) is 36.4 Å². The molecular weight excluding hydrogens is 316 g/mol. The van der Waals surface area contributed by atoms with Gasteiger partial charge in [0, 0.05) is 31.6 Å². The van der Waals surface area contributed by atoms with Gasteiger partial charge in [-0.25, -0.2) is 0 Å². The number of amides is 1. The highest BCUT2D eigenvalue weighted by molar-refractivity contribution is 6.06. The quantitative estimate of drug-likeness (QED) is 0.704. The summed E-state index contributed by atoms with van der Waals surface area (Å²) >= 11 is 0. The Hall–Kier alpha value is -2.53. The Morgan fingerprint density at radius 1 is 1.00 bits per heavy atom. The molecule has 0 spiro atoms. The van der Waals surface area contributed by atoms with Gasteiger partial charge >= 0.3 is 0 Å². The van der Waals surface area contributed by atoms with E-state index >= 15 is 0 Å². The van der Waals surface area contributed by atoms with E-state index in [1.54, 1.807) is 19.2 Å². The summed E-state index contributed by atoms with van der Waals surface area (Å²) in [6.45, 7) is 7.03. The van der Waals surface area contributed by atoms with E-state index in [2.05, 4.69) is 24.1 Å². The minimum atomic E-state index is -0.191. The van der Waals surface area contributed by atoms with E-state index in [1.165, 1.54) is 0 Å². The first kappa shape index (κ1) is 18.8. The first-order valence-electron chi connectivity index (χ1n) is 8.56. The number of benzene rings is 2. The first-order valence-corrected chi connectivity index (χ1v) is 8.56. The number of hydrogen-bond acceptors (Lipinski definition) is 4. The third kappa shape index (κ3) is 5.22. The summed E-state index contributed by atoms with van der Waals surface area (Å²) in [4.78, 5) is 14.8. The van der Waals surface area contributed by atoms with Gasteiger partial charge in [0.05, 0.1) is 12.2 Å². The van der Waals surface area contributed by atoms with Crippen LogP contribution in [0.2, 0.25) is 0 Å². The van der Waals surface area contributed by atoms with Crippen LogP contribution in [0.15, 0.2) is 48.5 Å². The van der Waals surface area contributed by atoms with Gasteiger partial charge in [-0.3, -0.25) is 4.79 Å². The maximum Gasteiger partial charge on any atom is 0.259 e. The van der Waals surface area contributed by atoms with Gasteiger partial charge in [-0.15, -0.1) is 0 Å². The second-order valence-electron chi connectivity index (χ2n) is 5.51. The fourth-order valence-corrected chi connectivity index (χ4v) is 2.56. The monoisotopic (exact) mass is 342 g/mol. The van der Waals surface area contributed by atoms with E-state index in [9.17, 15) is 4.79 Å². The predicted octanol–water partition coefficient (Wildman–Crippen LogP) is 3.81. The number of carbonyl (C=O) groups excluding carboxylic acids is 1. The molecule has 0 aliphatic rings. The molecule has 25 heavy (non-hydrogen) atoms. The van der Waals surface area contributed by atoms with Crippen LogP contribution in [-0.4, -0.2) is 39.3 Å². The highest BCUT2D eigenvalue weighted by Gasteiger charge is 2.12. The molecule has 0 radical (unpaired) electrons. The lowest BCUT2D eigenvalue weighted by molar-refractivity contribution is 0.101. The fourth-order valence-electron chi connectivity index (χ4n) is 2.56. The summed E-state index contributed by atoms with van der Waals surface area (Å²) < 4.78 is 10.6. The number of nitrogens with one attached hydrogen (secondary N) is 1. The molecule has 0 aromatic heterocycles. The maximum atomic E-state index is 12.6. The number of ether oxygens (including phenoxy) is 2. The van der Waals surface area contributed by atoms with Crippen molar-refractivity contribution in [3.63, 3.8) is 0 Å². The smallest absolute Gasteiger partial charge is 0.259 e. The SMILES string of the molecule is CCN(CC)c1ccc(NC(=O)c2ccccc2OCCOC)cc1. The molecule has 0 aliphatic heterocycles. The van der Waals surface area contributed by atoms with Crippen molar-refractivity contribution in [3.05, 3.63) is 54.1 Å². The highest BCUT2D eigenvalue weighted by Crippen LogP contribution is 2.21. The number of rotatable bonds is 9. The first-order chi connectivity index (χ1) is 12.2. The van der Waals surface area contributed by atoms with Crippen molar-refractivity contribution in [2.45, 2.75) is 13.8 Å². The van der Waals surface area contributed by atoms with Crippen molar-refractivity contribution >= 4 is 17.3 Å². The average molecular weight is 342 g/mol. The summed E-state index contributed by atoms with van der Waals surface area (Å²) in [6, 6.07) is 15.1. The number of carbonyl (C=O) groups is 1. The second-order valence-corrected chi connectivity index (χ2v) is 5.51. The van der Waals surface area contributed by atoms with E-state index in [-0.39, 0.29) is 5.91 Å². The predicted molar refractivity (Wildman–Crippen MR) is 102 cm³/mol. The fraction of sp³-hybridized carbons (Fsp3) is 0.350. The molecule has 2 rings (SSSR count). The minimum absolute atomic E-state index is 0.191. The van der Waals surface area contributed by atoms with Crippen LogP contribution in [0, 0.1) is 0 Å². The van der Waals surface area contributed by atoms with Crippen molar-refractivity contribution in [3.8, 4) is 5.75 Å². The summed E-state index contributed by atoms with van der Waals surface area (Å²) in [5.41, 5.74) is 2.41. The molecule has 2 aromatic carbocycles. The Balaban J connectivity index is 2.07. The van der Waals surface area contributed by atoms with Gasteiger partial charge in [-0.2, -0.15) is 0 Å². The lowest BCUT2D eigenvalue weighted by atomic mass is 10.1. The number of hydrogen-bond donors (Lipinski definition) is 1. The van der Waals surface area contributed by atoms with Crippen molar-refractivity contribution < 1.29 is 14.3 Å². The zero-order chi connectivity index (χ0) is 18.1. The molecule has 0 saturated carbocycles. The normalized spacial score (nSPS) is 10.4. The number of anilines is 2. The minimum Gasteiger partial charge on any atom is -0.490 e. The molecule has 1 amide bonds. The van der Waals surface area contributed by atoms with Gasteiger partial charge in [0.1, 0.15) is 12.4 Å². The zero-order valence-corrected chi connectivity index (χ0v) is 15.1. The lowest BCUT2D eigenvalue weighted by Gasteiger charge is -2.21. The molecular formula is C20H26N2O3. The highest BCUT2D eigenvalue weighted by atomic mass is 16.5. The molecule has 0 fully saturated rings. The van der Waals surface area contributed by atoms with Crippen molar-refractivity contribution in [1.82, 2.24) is 0 Å². The Morgan fingerprint density at radius 2 is 1.68 bits per heavy atom. The second kappa shape index (κ2) is 9.69. The van der Waals surface area contributed by atoms with E-state index < -0.39 is 0 Å². The third-order valence-corrected chi connectivity index (χ3v) is 3.93. The van der Waals surface area contributed by atoms with Crippen LogP contribution in [0.25, 0.3) is 0 Å². The Morgan fingerprint density at radius 3 is 2.32 bits per heavy atom. The molecule has 0 aliphatic carbocycles. The maximum absolute atomic E-state index is 12.6. The van der Waals surface area contributed by atoms with Crippen LogP contribution >= 0.6 is 0 Å². The van der Waals surface area contributed by atoms with Crippen LogP contribution in [-0.2, 0) is 4.74 Å². The Kier molecular flexibility index (Phi) is 7.29. The van der Waals surface area contributed by atoms with Gasteiger partial charge in [-0.05, 0) is 50.2 Å². The molecule has 1 N–H and O–H groups in total. The largest absolute Gasteiger partial charge is 0.490 e. The number of para-hydroxylation sites is 1. The average Bonchev–Trinajstić information content (AvgIpc) is 2.64.